The number of nitrogens with one attached hydrogen (secondary N) is 2. The molecular formula is C99H73Cl4IN4O18S2. The van der Waals surface area contributed by atoms with E-state index in [9.17, 15) is 47.9 Å². The minimum atomic E-state index is -1.21. The van der Waals surface area contributed by atoms with Gasteiger partial charge in [-0.3, -0.25) is 20.2 Å². The van der Waals surface area contributed by atoms with Gasteiger partial charge in [-0.05, 0) is 190 Å². The van der Waals surface area contributed by atoms with Crippen LogP contribution in [0.1, 0.15) is 111 Å². The SMILES string of the molecule is C#CC(=O)OC.COC(=O)C#Cc1ccc(C(=O)Nc2nc(-c3ccc(Cl)c(Cl)c3)cs2)cc1.COC(=O)C#Cc1ccc(C(=O)OC(c2ccccc2)c2ccccc2)cc1.COC(=O)C#Cc1ccc(C(=O)OC)cc1.O=C(O)C#Cc1ccc(C(=O)Nc2nc(-c3ccc(Cl)c(Cl)c3)cs2)cc1.O=C(OC(c1ccccc1)c1ccccc1)c1ccc(I)cc1.[HH].[HH]. The number of esters is 7. The van der Waals surface area contributed by atoms with Crippen LogP contribution in [0.3, 0.4) is 0 Å². The third kappa shape index (κ3) is 32.6. The highest BCUT2D eigenvalue weighted by molar-refractivity contribution is 14.1. The number of thiazole rings is 2. The Kier molecular flexibility index (Phi) is 40.0. The van der Waals surface area contributed by atoms with Crippen LogP contribution in [-0.4, -0.2) is 110 Å². The van der Waals surface area contributed by atoms with Crippen molar-refractivity contribution in [2.75, 3.05) is 46.2 Å². The second kappa shape index (κ2) is 52.0. The second-order valence-electron chi connectivity index (χ2n) is 25.2. The lowest BCUT2D eigenvalue weighted by Gasteiger charge is -2.19. The van der Waals surface area contributed by atoms with E-state index in [1.807, 2.05) is 151 Å². The Morgan fingerprint density at radius 3 is 0.930 bits per heavy atom. The Hall–Kier alpha value is -14.9. The number of terminal acetylenes is 1. The number of halogens is 5. The Balaban J connectivity index is 0.000000248. The molecule has 3 N–H and O–H groups in total. The van der Waals surface area contributed by atoms with Crippen LogP contribution in [0.5, 0.6) is 0 Å². The molecule has 128 heavy (non-hydrogen) atoms. The van der Waals surface area contributed by atoms with Crippen LogP contribution >= 0.6 is 91.7 Å². The second-order valence-corrected chi connectivity index (χ2v) is 29.8. The molecule has 0 spiro atoms. The number of nitrogens with zero attached hydrogens (tertiary/aromatic N) is 2. The first-order chi connectivity index (χ1) is 61.8. The number of benzene rings is 11. The maximum atomic E-state index is 12.7. The number of aromatic nitrogens is 2. The first-order valence-electron chi connectivity index (χ1n) is 37.2. The van der Waals surface area contributed by atoms with Crippen molar-refractivity contribution in [2.24, 2.45) is 0 Å². The molecular weight excluding hydrogens is 1870 g/mol. The highest BCUT2D eigenvalue weighted by Gasteiger charge is 2.23. The topological polar surface area (TPSA) is 305 Å². The largest absolute Gasteiger partial charge is 0.472 e. The molecule has 0 unspecified atom stereocenters. The fourth-order valence-electron chi connectivity index (χ4n) is 10.3. The summed E-state index contributed by atoms with van der Waals surface area (Å²) < 4.78 is 34.6. The number of methoxy groups -OCH3 is 5. The Morgan fingerprint density at radius 1 is 0.367 bits per heavy atom. The quantitative estimate of drug-likeness (QED) is 0.0282. The molecule has 644 valence electrons. The number of rotatable bonds is 15. The van der Waals surface area contributed by atoms with Crippen LogP contribution in [-0.2, 0) is 57.1 Å². The lowest BCUT2D eigenvalue weighted by atomic mass is 10.0. The van der Waals surface area contributed by atoms with Crippen molar-refractivity contribution in [1.82, 2.24) is 9.97 Å². The average Bonchev–Trinajstić information content (AvgIpc) is 1.19. The highest BCUT2D eigenvalue weighted by atomic mass is 127. The van der Waals surface area contributed by atoms with Crippen molar-refractivity contribution < 1.29 is 89.1 Å². The molecule has 22 nitrogen and oxygen atoms in total. The van der Waals surface area contributed by atoms with Crippen molar-refractivity contribution in [2.45, 2.75) is 12.2 Å². The summed E-state index contributed by atoms with van der Waals surface area (Å²) in [4.78, 5) is 123. The van der Waals surface area contributed by atoms with Gasteiger partial charge in [0.15, 0.2) is 22.5 Å². The van der Waals surface area contributed by atoms with Crippen LogP contribution in [0, 0.1) is 63.3 Å². The van der Waals surface area contributed by atoms with E-state index in [-0.39, 0.29) is 20.6 Å². The van der Waals surface area contributed by atoms with Gasteiger partial charge in [0.05, 0.1) is 83.7 Å². The third-order valence-electron chi connectivity index (χ3n) is 16.6. The lowest BCUT2D eigenvalue weighted by Crippen LogP contribution is -2.13. The number of carbonyl (C=O) groups is 10. The molecule has 0 saturated carbocycles. The van der Waals surface area contributed by atoms with E-state index in [1.165, 1.54) is 58.2 Å². The van der Waals surface area contributed by atoms with Gasteiger partial charge in [-0.1, -0.05) is 204 Å². The summed E-state index contributed by atoms with van der Waals surface area (Å²) in [6, 6.07) is 82.3. The van der Waals surface area contributed by atoms with Gasteiger partial charge in [-0.25, -0.2) is 48.3 Å². The molecule has 0 bridgehead atoms. The molecule has 29 heteroatoms. The van der Waals surface area contributed by atoms with Gasteiger partial charge < -0.3 is 38.3 Å². The van der Waals surface area contributed by atoms with Gasteiger partial charge in [-0.2, -0.15) is 0 Å². The summed E-state index contributed by atoms with van der Waals surface area (Å²) in [5.41, 5.74) is 11.2. The van der Waals surface area contributed by atoms with Gasteiger partial charge in [-0.15, -0.1) is 29.1 Å². The zero-order chi connectivity index (χ0) is 92.3. The molecule has 0 saturated heterocycles. The number of carboxylic acid groups (broad SMARTS) is 1. The molecule has 13 aromatic rings. The van der Waals surface area contributed by atoms with E-state index in [0.29, 0.717) is 91.8 Å². The van der Waals surface area contributed by atoms with Crippen LogP contribution in [0.15, 0.2) is 290 Å². The van der Waals surface area contributed by atoms with E-state index in [0.717, 1.165) is 37.0 Å². The van der Waals surface area contributed by atoms with Crippen molar-refractivity contribution in [3.05, 3.63) is 386 Å². The monoisotopic (exact) mass is 1940 g/mol. The fraction of sp³-hybridized carbons (Fsp3) is 0.0707. The number of aliphatic carboxylic acids is 1. The van der Waals surface area contributed by atoms with Crippen LogP contribution < -0.4 is 10.6 Å². The molecule has 2 amide bonds. The number of carbonyl (C=O) groups excluding carboxylic acids is 9. The number of hydrogen-bond donors (Lipinski definition) is 3. The molecule has 0 fully saturated rings. The van der Waals surface area contributed by atoms with Crippen LogP contribution in [0.2, 0.25) is 20.1 Å². The van der Waals surface area contributed by atoms with Gasteiger partial charge >= 0.3 is 47.8 Å². The maximum absolute atomic E-state index is 12.7. The summed E-state index contributed by atoms with van der Waals surface area (Å²) in [6.07, 6.45) is 3.64. The molecule has 0 aliphatic rings. The number of ether oxygens (including phenoxy) is 7. The van der Waals surface area contributed by atoms with Crippen molar-refractivity contribution in [3.8, 4) is 82.2 Å². The zero-order valence-electron chi connectivity index (χ0n) is 67.9. The Labute approximate surface area is 780 Å². The van der Waals surface area contributed by atoms with E-state index in [2.05, 4.69) is 115 Å². The Bertz CT molecular complexity index is 6310. The molecule has 2 aromatic heterocycles. The van der Waals surface area contributed by atoms with Gasteiger partial charge in [0, 0.05) is 91.3 Å². The maximum Gasteiger partial charge on any atom is 0.384 e. The first-order valence-corrected chi connectivity index (χ1v) is 41.5. The number of carboxylic acids is 1. The van der Waals surface area contributed by atoms with Gasteiger partial charge in [0.1, 0.15) is 0 Å². The zero-order valence-corrected chi connectivity index (χ0v) is 74.7. The van der Waals surface area contributed by atoms with Crippen molar-refractivity contribution in [1.29, 1.82) is 0 Å². The smallest absolute Gasteiger partial charge is 0.384 e. The summed E-state index contributed by atoms with van der Waals surface area (Å²) in [6.45, 7) is 0. The van der Waals surface area contributed by atoms with Gasteiger partial charge in [0.25, 0.3) is 11.8 Å². The Morgan fingerprint density at radius 2 is 0.656 bits per heavy atom. The summed E-state index contributed by atoms with van der Waals surface area (Å²) in [5, 5.41) is 20.3. The lowest BCUT2D eigenvalue weighted by molar-refractivity contribution is -0.134. The van der Waals surface area contributed by atoms with E-state index < -0.39 is 54.0 Å². The van der Waals surface area contributed by atoms with E-state index >= 15 is 0 Å². The summed E-state index contributed by atoms with van der Waals surface area (Å²) in [7, 11) is 6.34. The van der Waals surface area contributed by atoms with Crippen molar-refractivity contribution in [3.63, 3.8) is 0 Å². The standard InChI is InChI=1S/C24H18O4.C20H12Cl2N2O3S.C20H15IO2.C19H10Cl2N2O3S.C12H10O4.C4H4O2.2H2/c1-27-22(25)17-14-18-12-15-21(16-13-18)24(26)28-23(19-8-4-2-5-9-19)20-10-6-3-7-11-20;1-27-18(25)9-4-12-2-5-13(6-3-12)19(26)24-20-23-17(11-28-20)14-7-8-15(21)16(22)10-14;21-18-13-11-17(12-14-18)20(22)23-19(15-7-3-1-4-8-15)16-9-5-2-6-10-16;20-14-7-6-13(9-15(14)21)16-10-27-19(22-16)23-18(26)12-4-1-11(2-5-12)3-8-17(24)25;1-15-11(13)8-5-9-3-6-10(7-4-9)12(14)16-2;1-3-4(5)6-2;;/h2-13,15-16,23H,1H3;2-3,5-8,10-11H,1H3,(H,23,24,26);1-14,19H;1-2,4-7,9-10H,(H,24,25)(H,22,23,26);3-4,6-7H,1-2H3;1H,2H3;2*1H. The minimum absolute atomic E-state index is 0. The highest BCUT2D eigenvalue weighted by Crippen LogP contribution is 2.34. The average molecular weight is 1940 g/mol. The molecule has 0 aliphatic carbocycles. The normalized spacial score (nSPS) is 9.71. The molecule has 11 aromatic carbocycles. The molecule has 0 atom stereocenters. The molecule has 2 heterocycles. The fourth-order valence-corrected chi connectivity index (χ4v) is 12.7. The van der Waals surface area contributed by atoms with Crippen molar-refractivity contribution >= 4 is 162 Å². The summed E-state index contributed by atoms with van der Waals surface area (Å²) in [5.74, 6) is 15.7. The predicted molar refractivity (Wildman–Crippen MR) is 504 cm³/mol. The van der Waals surface area contributed by atoms with E-state index in [1.54, 1.807) is 151 Å². The molecule has 13 rings (SSSR count). The predicted octanol–water partition coefficient (Wildman–Crippen LogP) is 20.4. The molecule has 0 aliphatic heterocycles. The van der Waals surface area contributed by atoms with E-state index in [4.69, 9.17) is 61.0 Å². The third-order valence-corrected chi connectivity index (χ3v) is 20.4. The van der Waals surface area contributed by atoms with Gasteiger partial charge in [0.2, 0.25) is 0 Å². The minimum Gasteiger partial charge on any atom is -0.472 e. The number of hydrogen-bond acceptors (Lipinski definition) is 21. The van der Waals surface area contributed by atoms with Crippen LogP contribution in [0.4, 0.5) is 10.3 Å². The molecule has 0 radical (unpaired) electrons. The first kappa shape index (κ1) is 98.5. The number of amides is 2. The number of anilines is 2. The van der Waals surface area contributed by atoms with Crippen LogP contribution in [0.25, 0.3) is 22.5 Å². The summed E-state index contributed by atoms with van der Waals surface area (Å²) >= 11 is 28.7.